The van der Waals surface area contributed by atoms with E-state index in [9.17, 15) is 0 Å². The molecule has 36 heavy (non-hydrogen) atoms. The molecule has 0 aliphatic heterocycles. The molecule has 0 spiro atoms. The molecule has 0 N–H and O–H groups in total. The standard InChI is InChI=1S/C22H15.2C4H10N.2CH3.Sn.Zr/c1-3-8-17-15(6-1)12-13-21(17)20-11-5-10-19-18-9-4-2-7-16(18)14-22(19)20;2*1-3-5-4-2;;;;/h1-14,21H;2*3-4H2,1-2H3;2*1H3;;/q;2*-1;;;;+2. The summed E-state index contributed by atoms with van der Waals surface area (Å²) in [5.41, 5.74) is 10.7. The van der Waals surface area contributed by atoms with Gasteiger partial charge in [-0.1, -0.05) is 0 Å². The van der Waals surface area contributed by atoms with E-state index in [1.54, 1.807) is 16.7 Å². The summed E-state index contributed by atoms with van der Waals surface area (Å²) in [5, 5.41) is 0. The van der Waals surface area contributed by atoms with Crippen molar-refractivity contribution in [1.29, 1.82) is 0 Å². The van der Waals surface area contributed by atoms with Crippen LogP contribution in [0.15, 0.2) is 72.8 Å². The van der Waals surface area contributed by atoms with Gasteiger partial charge in [-0.3, -0.25) is 0 Å². The predicted octanol–water partition coefficient (Wildman–Crippen LogP) is 7.83. The number of hydrogen-bond donors (Lipinski definition) is 0. The molecule has 4 heteroatoms. The molecule has 2 atom stereocenters. The fourth-order valence-corrected chi connectivity index (χ4v) is 69.0. The van der Waals surface area contributed by atoms with Crippen molar-refractivity contribution in [3.05, 3.63) is 101 Å². The molecule has 0 aromatic heterocycles. The van der Waals surface area contributed by atoms with Gasteiger partial charge in [-0.2, -0.15) is 0 Å². The van der Waals surface area contributed by atoms with Crippen LogP contribution in [-0.4, -0.2) is 45.7 Å². The Balaban J connectivity index is 1.73. The van der Waals surface area contributed by atoms with Crippen LogP contribution < -0.4 is 0 Å². The summed E-state index contributed by atoms with van der Waals surface area (Å²) >= 11 is -4.85. The van der Waals surface area contributed by atoms with Crippen LogP contribution in [0.4, 0.5) is 0 Å². The fourth-order valence-electron chi connectivity index (χ4n) is 7.02. The summed E-state index contributed by atoms with van der Waals surface area (Å²) in [5.74, 6) is 0.365. The molecule has 0 radical (unpaired) electrons. The molecular formula is C32H41N2SnZr. The van der Waals surface area contributed by atoms with Gasteiger partial charge in [0, 0.05) is 0 Å². The van der Waals surface area contributed by atoms with E-state index in [0.717, 1.165) is 0 Å². The van der Waals surface area contributed by atoms with Gasteiger partial charge < -0.3 is 0 Å². The molecular weight excluding hydrogens is 622 g/mol. The second-order valence-electron chi connectivity index (χ2n) is 10.7. The van der Waals surface area contributed by atoms with Crippen molar-refractivity contribution in [2.75, 3.05) is 26.2 Å². The number of benzene rings is 3. The van der Waals surface area contributed by atoms with Crippen LogP contribution in [0.2, 0.25) is 9.88 Å². The summed E-state index contributed by atoms with van der Waals surface area (Å²) in [4.78, 5) is 5.65. The Morgan fingerprint density at radius 3 is 1.89 bits per heavy atom. The average Bonchev–Trinajstić information content (AvgIpc) is 3.49. The Morgan fingerprint density at radius 1 is 0.667 bits per heavy atom. The van der Waals surface area contributed by atoms with E-state index in [4.69, 9.17) is 0 Å². The van der Waals surface area contributed by atoms with E-state index < -0.39 is 32.0 Å². The molecule has 0 fully saturated rings. The first-order valence-corrected chi connectivity index (χ1v) is 33.1. The molecule has 2 unspecified atom stereocenters. The molecule has 0 saturated heterocycles. The van der Waals surface area contributed by atoms with Crippen molar-refractivity contribution in [2.45, 2.75) is 47.4 Å². The molecule has 2 aliphatic rings. The third-order valence-electron chi connectivity index (χ3n) is 8.55. The first-order valence-electron chi connectivity index (χ1n) is 13.8. The van der Waals surface area contributed by atoms with Crippen molar-refractivity contribution in [1.82, 2.24) is 5.69 Å². The van der Waals surface area contributed by atoms with E-state index in [1.807, 2.05) is 0 Å². The number of allylic oxidation sites excluding steroid dienone is 1. The Morgan fingerprint density at radius 2 is 1.22 bits per heavy atom. The van der Waals surface area contributed by atoms with E-state index >= 15 is 0 Å². The van der Waals surface area contributed by atoms with E-state index in [2.05, 4.69) is 122 Å². The zero-order chi connectivity index (χ0) is 25.4. The van der Waals surface area contributed by atoms with Gasteiger partial charge in [0.15, 0.2) is 0 Å². The van der Waals surface area contributed by atoms with Crippen LogP contribution in [0.1, 0.15) is 65.4 Å². The molecule has 5 rings (SSSR count). The monoisotopic (exact) mass is 663 g/mol. The first-order chi connectivity index (χ1) is 17.5. The number of fused-ring (bicyclic) bond motifs is 4. The van der Waals surface area contributed by atoms with Gasteiger partial charge in [0.05, 0.1) is 0 Å². The molecule has 0 amide bonds. The second-order valence-corrected chi connectivity index (χ2v) is 55.7. The Kier molecular flexibility index (Phi) is 8.13. The van der Waals surface area contributed by atoms with E-state index in [-0.39, 0.29) is 0 Å². The van der Waals surface area contributed by atoms with Gasteiger partial charge in [0.2, 0.25) is 0 Å². The molecule has 3 aromatic rings. The summed E-state index contributed by atoms with van der Waals surface area (Å²) < 4.78 is 6.57. The molecule has 0 saturated carbocycles. The van der Waals surface area contributed by atoms with Gasteiger partial charge in [-0.15, -0.1) is 0 Å². The molecule has 0 bridgehead atoms. The summed E-state index contributed by atoms with van der Waals surface area (Å²) in [6.45, 7) is 14.4. The number of rotatable bonds is 9. The Bertz CT molecular complexity index is 1250. The maximum atomic E-state index is 2.97. The molecule has 2 nitrogen and oxygen atoms in total. The number of nitrogens with zero attached hydrogens (tertiary/aromatic N) is 2. The van der Waals surface area contributed by atoms with Gasteiger partial charge in [0.1, 0.15) is 0 Å². The van der Waals surface area contributed by atoms with Crippen molar-refractivity contribution < 1.29 is 18.2 Å². The van der Waals surface area contributed by atoms with Crippen molar-refractivity contribution in [3.8, 4) is 11.1 Å². The average molecular weight is 664 g/mol. The topological polar surface area (TPSA) is 6.48 Å². The zero-order valence-electron chi connectivity index (χ0n) is 22.9. The fraction of sp³-hybridized carbons (Fsp3) is 0.375. The summed E-state index contributed by atoms with van der Waals surface area (Å²) in [6.07, 6.45) is 4.80. The van der Waals surface area contributed by atoms with Gasteiger partial charge >= 0.3 is 229 Å². The Labute approximate surface area is 227 Å². The molecule has 0 heterocycles. The van der Waals surface area contributed by atoms with Gasteiger partial charge in [0.25, 0.3) is 0 Å². The maximum absolute atomic E-state index is 2.97. The van der Waals surface area contributed by atoms with Crippen LogP contribution >= 0.6 is 0 Å². The zero-order valence-corrected chi connectivity index (χ0v) is 28.2. The normalized spacial score (nSPS) is 18.0. The molecule has 2 aliphatic carbocycles. The van der Waals surface area contributed by atoms with Crippen molar-refractivity contribution in [3.63, 3.8) is 0 Å². The quantitative estimate of drug-likeness (QED) is 0.216. The van der Waals surface area contributed by atoms with Crippen molar-refractivity contribution >= 4 is 19.9 Å². The first kappa shape index (κ1) is 26.6. The second kappa shape index (κ2) is 11.0. The van der Waals surface area contributed by atoms with Crippen LogP contribution in [0, 0.1) is 0 Å². The van der Waals surface area contributed by atoms with E-state index in [1.165, 1.54) is 48.4 Å². The van der Waals surface area contributed by atoms with E-state index in [0.29, 0.717) is 9.85 Å². The minimum atomic E-state index is -2.76. The third-order valence-corrected chi connectivity index (χ3v) is 58.2. The number of hydrogen-bond acceptors (Lipinski definition) is 2. The van der Waals surface area contributed by atoms with Crippen molar-refractivity contribution in [2.24, 2.45) is 0 Å². The third kappa shape index (κ3) is 4.36. The summed E-state index contributed by atoms with van der Waals surface area (Å²) in [7, 11) is 0. The van der Waals surface area contributed by atoms with Gasteiger partial charge in [-0.25, -0.2) is 0 Å². The van der Waals surface area contributed by atoms with Crippen LogP contribution in [0.25, 0.3) is 17.2 Å². The molecule has 187 valence electrons. The van der Waals surface area contributed by atoms with Crippen LogP contribution in [-0.2, 0) is 18.2 Å². The minimum absolute atomic E-state index is 0.365. The predicted molar refractivity (Wildman–Crippen MR) is 154 cm³/mol. The SMILES string of the molecule is CC[N](CC)[Zr]([N](CC)CC)[Sn]([CH3])([CH3])[CH]1c2ccccc2-c2cccc(C3C=Cc4ccccc43)c21. The van der Waals surface area contributed by atoms with Gasteiger partial charge in [-0.05, 0) is 0 Å². The van der Waals surface area contributed by atoms with Crippen LogP contribution in [0.3, 0.4) is 0 Å². The Hall–Kier alpha value is -0.998. The van der Waals surface area contributed by atoms with Crippen LogP contribution in [0.5, 0.6) is 0 Å². The summed E-state index contributed by atoms with van der Waals surface area (Å²) in [6, 6.07) is 25.6. The molecule has 3 aromatic carbocycles.